The normalized spacial score (nSPS) is 19.6. The topological polar surface area (TPSA) is 114 Å². The van der Waals surface area contributed by atoms with Crippen LogP contribution in [0.2, 0.25) is 0 Å². The van der Waals surface area contributed by atoms with Gasteiger partial charge < -0.3 is 24.5 Å². The number of methoxy groups -OCH3 is 2. The first kappa shape index (κ1) is 21.5. The third-order valence-electron chi connectivity index (χ3n) is 7.49. The lowest BCUT2D eigenvalue weighted by Crippen LogP contribution is -2.21. The van der Waals surface area contributed by atoms with E-state index < -0.39 is 5.41 Å². The lowest BCUT2D eigenvalue weighted by molar-refractivity contribution is -0.118. The third kappa shape index (κ3) is 3.20. The van der Waals surface area contributed by atoms with Gasteiger partial charge in [-0.1, -0.05) is 6.07 Å². The van der Waals surface area contributed by atoms with Crippen molar-refractivity contribution in [2.75, 3.05) is 24.9 Å². The quantitative estimate of drug-likeness (QED) is 0.292. The van der Waals surface area contributed by atoms with Crippen molar-refractivity contribution in [2.24, 2.45) is 0 Å². The minimum absolute atomic E-state index is 0.0481. The van der Waals surface area contributed by atoms with Gasteiger partial charge in [-0.25, -0.2) is 4.98 Å². The molecule has 0 saturated heterocycles. The summed E-state index contributed by atoms with van der Waals surface area (Å²) in [6.07, 6.45) is 3.76. The standard InChI is InChI=1S/C28H23N5O4/c1-35-17-5-7-21-19(11-17)28(27(34)31-21)12-20(28)15-3-6-18-22(9-15)32-33-26(18)30-23-10-16(4-8-25(23)36-2)24-13-37-14-29-24/h3-11,13-14,20H,12H2,1-2H3,(H,31,34)(H2,30,32,33)/t20-,28-/m0/s1. The summed E-state index contributed by atoms with van der Waals surface area (Å²) in [4.78, 5) is 17.3. The minimum atomic E-state index is -0.548. The number of ether oxygens (including phenoxy) is 2. The Morgan fingerprint density at radius 2 is 2.00 bits per heavy atom. The zero-order chi connectivity index (χ0) is 25.1. The molecule has 1 fully saturated rings. The van der Waals surface area contributed by atoms with Crippen LogP contribution in [0.5, 0.6) is 11.5 Å². The molecule has 3 aromatic carbocycles. The maximum atomic E-state index is 13.0. The summed E-state index contributed by atoms with van der Waals surface area (Å²) < 4.78 is 16.1. The molecule has 3 heterocycles. The zero-order valence-corrected chi connectivity index (χ0v) is 20.2. The van der Waals surface area contributed by atoms with Gasteiger partial charge in [-0.2, -0.15) is 5.10 Å². The second-order valence-corrected chi connectivity index (χ2v) is 9.38. The summed E-state index contributed by atoms with van der Waals surface area (Å²) in [5.74, 6) is 2.25. The zero-order valence-electron chi connectivity index (χ0n) is 20.2. The third-order valence-corrected chi connectivity index (χ3v) is 7.49. The van der Waals surface area contributed by atoms with E-state index in [2.05, 4.69) is 37.9 Å². The van der Waals surface area contributed by atoms with E-state index in [0.29, 0.717) is 11.6 Å². The highest BCUT2D eigenvalue weighted by Gasteiger charge is 2.65. The predicted octanol–water partition coefficient (Wildman–Crippen LogP) is 5.36. The van der Waals surface area contributed by atoms with E-state index in [0.717, 1.165) is 56.8 Å². The van der Waals surface area contributed by atoms with Gasteiger partial charge in [-0.3, -0.25) is 9.89 Å². The van der Waals surface area contributed by atoms with E-state index in [1.807, 2.05) is 42.5 Å². The monoisotopic (exact) mass is 493 g/mol. The van der Waals surface area contributed by atoms with Crippen molar-refractivity contribution in [3.63, 3.8) is 0 Å². The average molecular weight is 494 g/mol. The van der Waals surface area contributed by atoms with Crippen LogP contribution in [0.4, 0.5) is 17.2 Å². The van der Waals surface area contributed by atoms with Crippen molar-refractivity contribution >= 4 is 34.0 Å². The molecule has 0 bridgehead atoms. The van der Waals surface area contributed by atoms with Crippen LogP contribution < -0.4 is 20.1 Å². The van der Waals surface area contributed by atoms with Crippen LogP contribution in [-0.4, -0.2) is 35.3 Å². The lowest BCUT2D eigenvalue weighted by Gasteiger charge is -2.11. The number of H-pyrrole nitrogens is 1. The number of nitrogens with zero attached hydrogens (tertiary/aromatic N) is 2. The molecule has 2 aliphatic rings. The molecule has 9 heteroatoms. The lowest BCUT2D eigenvalue weighted by atomic mass is 9.91. The Morgan fingerprint density at radius 3 is 2.81 bits per heavy atom. The van der Waals surface area contributed by atoms with E-state index in [1.165, 1.54) is 6.39 Å². The second kappa shape index (κ2) is 7.86. The summed E-state index contributed by atoms with van der Waals surface area (Å²) in [5.41, 5.74) is 5.69. The number of carbonyl (C=O) groups is 1. The molecule has 2 aromatic heterocycles. The number of hydrogen-bond donors (Lipinski definition) is 3. The number of benzene rings is 3. The number of hydrogen-bond acceptors (Lipinski definition) is 7. The van der Waals surface area contributed by atoms with Crippen molar-refractivity contribution in [1.29, 1.82) is 0 Å². The van der Waals surface area contributed by atoms with Crippen molar-refractivity contribution in [2.45, 2.75) is 17.8 Å². The predicted molar refractivity (Wildman–Crippen MR) is 139 cm³/mol. The Hall–Kier alpha value is -4.79. The number of anilines is 3. The molecular weight excluding hydrogens is 470 g/mol. The summed E-state index contributed by atoms with van der Waals surface area (Å²) in [6, 6.07) is 17.7. The van der Waals surface area contributed by atoms with E-state index in [4.69, 9.17) is 13.9 Å². The smallest absolute Gasteiger partial charge is 0.235 e. The molecule has 1 aliphatic heterocycles. The fourth-order valence-electron chi connectivity index (χ4n) is 5.50. The van der Waals surface area contributed by atoms with Gasteiger partial charge in [-0.05, 0) is 66.1 Å². The Kier molecular flexibility index (Phi) is 4.56. The van der Waals surface area contributed by atoms with Gasteiger partial charge in [0.2, 0.25) is 5.91 Å². The number of carbonyl (C=O) groups excluding carboxylic acids is 1. The van der Waals surface area contributed by atoms with Gasteiger partial charge in [0.25, 0.3) is 0 Å². The second-order valence-electron chi connectivity index (χ2n) is 9.38. The van der Waals surface area contributed by atoms with Crippen molar-refractivity contribution in [3.05, 3.63) is 78.4 Å². The van der Waals surface area contributed by atoms with E-state index >= 15 is 0 Å². The van der Waals surface area contributed by atoms with Gasteiger partial charge in [-0.15, -0.1) is 0 Å². The Morgan fingerprint density at radius 1 is 1.08 bits per heavy atom. The fraction of sp³-hybridized carbons (Fsp3) is 0.179. The molecule has 0 unspecified atom stereocenters. The molecule has 5 aromatic rings. The van der Waals surface area contributed by atoms with E-state index in [9.17, 15) is 4.79 Å². The minimum Gasteiger partial charge on any atom is -0.497 e. The van der Waals surface area contributed by atoms with Crippen LogP contribution >= 0.6 is 0 Å². The van der Waals surface area contributed by atoms with E-state index in [-0.39, 0.29) is 11.8 Å². The SMILES string of the molecule is COc1ccc2c(c1)[C@]1(C[C@H]1c1ccc3c(Nc4cc(-c5cocn5)ccc4OC)n[nH]c3c1)C(=O)N2. The molecule has 0 radical (unpaired) electrons. The maximum absolute atomic E-state index is 13.0. The number of amides is 1. The Labute approximate surface area is 211 Å². The first-order valence-corrected chi connectivity index (χ1v) is 11.9. The molecular formula is C28H23N5O4. The van der Waals surface area contributed by atoms with Crippen LogP contribution in [0.15, 0.2) is 71.7 Å². The van der Waals surface area contributed by atoms with Crippen LogP contribution in [0.3, 0.4) is 0 Å². The van der Waals surface area contributed by atoms with Crippen LogP contribution in [0, 0.1) is 0 Å². The number of aromatic nitrogens is 3. The number of aromatic amines is 1. The first-order valence-electron chi connectivity index (χ1n) is 11.9. The van der Waals surface area contributed by atoms with E-state index in [1.54, 1.807) is 20.5 Å². The molecule has 1 saturated carbocycles. The largest absolute Gasteiger partial charge is 0.497 e. The highest BCUT2D eigenvalue weighted by Crippen LogP contribution is 2.65. The molecule has 9 nitrogen and oxygen atoms in total. The summed E-state index contributed by atoms with van der Waals surface area (Å²) in [6.45, 7) is 0. The summed E-state index contributed by atoms with van der Waals surface area (Å²) in [7, 11) is 3.27. The molecule has 2 atom stereocenters. The highest BCUT2D eigenvalue weighted by molar-refractivity contribution is 6.10. The number of nitrogens with one attached hydrogen (secondary N) is 3. The summed E-state index contributed by atoms with van der Waals surface area (Å²) in [5, 5.41) is 15.0. The molecule has 1 amide bonds. The Bertz CT molecular complexity index is 1680. The van der Waals surface area contributed by atoms with Crippen molar-refractivity contribution in [1.82, 2.24) is 15.2 Å². The van der Waals surface area contributed by atoms with Crippen molar-refractivity contribution < 1.29 is 18.7 Å². The van der Waals surface area contributed by atoms with Gasteiger partial charge in [0, 0.05) is 22.6 Å². The molecule has 7 rings (SSSR count). The number of oxazole rings is 1. The summed E-state index contributed by atoms with van der Waals surface area (Å²) >= 11 is 0. The molecule has 1 spiro atoms. The van der Waals surface area contributed by atoms with Gasteiger partial charge in [0.15, 0.2) is 12.2 Å². The van der Waals surface area contributed by atoms with Gasteiger partial charge in [0.1, 0.15) is 23.5 Å². The highest BCUT2D eigenvalue weighted by atomic mass is 16.5. The van der Waals surface area contributed by atoms with Crippen molar-refractivity contribution in [3.8, 4) is 22.8 Å². The fourth-order valence-corrected chi connectivity index (χ4v) is 5.50. The Balaban J connectivity index is 1.20. The first-order chi connectivity index (χ1) is 18.1. The number of rotatable bonds is 6. The molecule has 3 N–H and O–H groups in total. The molecule has 1 aliphatic carbocycles. The molecule has 37 heavy (non-hydrogen) atoms. The van der Waals surface area contributed by atoms with Gasteiger partial charge >= 0.3 is 0 Å². The maximum Gasteiger partial charge on any atom is 0.235 e. The molecule has 184 valence electrons. The average Bonchev–Trinajstić information content (AvgIpc) is 3.20. The van der Waals surface area contributed by atoms with Crippen LogP contribution in [-0.2, 0) is 10.2 Å². The van der Waals surface area contributed by atoms with Crippen LogP contribution in [0.1, 0.15) is 23.5 Å². The van der Waals surface area contributed by atoms with Gasteiger partial charge in [0.05, 0.1) is 30.8 Å². The number of fused-ring (bicyclic) bond motifs is 3. The van der Waals surface area contributed by atoms with Crippen LogP contribution in [0.25, 0.3) is 22.2 Å².